The molecule has 1 N–H and O–H groups in total. The molecule has 150 valence electrons. The van der Waals surface area contributed by atoms with Crippen molar-refractivity contribution in [1.29, 1.82) is 0 Å². The maximum absolute atomic E-state index is 12.8. The number of rotatable bonds is 7. The molecule has 1 aromatic heterocycles. The van der Waals surface area contributed by atoms with Gasteiger partial charge in [0.25, 0.3) is 5.91 Å². The zero-order valence-electron chi connectivity index (χ0n) is 17.3. The van der Waals surface area contributed by atoms with Gasteiger partial charge in [-0.05, 0) is 31.9 Å². The Morgan fingerprint density at radius 2 is 2.04 bits per heavy atom. The van der Waals surface area contributed by atoms with Crippen LogP contribution in [0.4, 0.5) is 5.82 Å². The molecule has 1 amide bonds. The Labute approximate surface area is 167 Å². The van der Waals surface area contributed by atoms with Gasteiger partial charge < -0.3 is 15.0 Å². The minimum absolute atomic E-state index is 0.0656. The minimum Gasteiger partial charge on any atom is -0.384 e. The second-order valence-corrected chi connectivity index (χ2v) is 8.00. The van der Waals surface area contributed by atoms with Gasteiger partial charge >= 0.3 is 0 Å². The number of aryl methyl sites for hydroxylation is 1. The van der Waals surface area contributed by atoms with Crippen LogP contribution in [-0.4, -0.2) is 50.2 Å². The van der Waals surface area contributed by atoms with E-state index in [1.165, 1.54) is 12.8 Å². The molecule has 6 nitrogen and oxygen atoms in total. The second kappa shape index (κ2) is 8.69. The number of ether oxygens (including phenoxy) is 1. The van der Waals surface area contributed by atoms with Crippen molar-refractivity contribution in [1.82, 2.24) is 15.3 Å². The van der Waals surface area contributed by atoms with Gasteiger partial charge in [0.1, 0.15) is 5.82 Å². The van der Waals surface area contributed by atoms with Gasteiger partial charge in [-0.15, -0.1) is 0 Å². The van der Waals surface area contributed by atoms with E-state index in [0.717, 1.165) is 29.8 Å². The number of carbonyl (C=O) groups is 1. The van der Waals surface area contributed by atoms with Gasteiger partial charge in [0.15, 0.2) is 5.82 Å². The second-order valence-electron chi connectivity index (χ2n) is 8.00. The average Bonchev–Trinajstić information content (AvgIpc) is 3.15. The molecule has 1 aliphatic carbocycles. The largest absolute Gasteiger partial charge is 0.384 e. The van der Waals surface area contributed by atoms with Crippen molar-refractivity contribution in [3.8, 4) is 11.4 Å². The summed E-state index contributed by atoms with van der Waals surface area (Å²) in [7, 11) is 5.65. The number of hydrogen-bond donors (Lipinski definition) is 1. The Morgan fingerprint density at radius 1 is 1.29 bits per heavy atom. The van der Waals surface area contributed by atoms with E-state index in [9.17, 15) is 4.79 Å². The van der Waals surface area contributed by atoms with Crippen molar-refractivity contribution in [3.05, 3.63) is 41.6 Å². The van der Waals surface area contributed by atoms with Gasteiger partial charge in [0.2, 0.25) is 0 Å². The van der Waals surface area contributed by atoms with Crippen molar-refractivity contribution in [2.45, 2.75) is 32.6 Å². The lowest BCUT2D eigenvalue weighted by Crippen LogP contribution is -2.38. The third-order valence-electron chi connectivity index (χ3n) is 5.49. The van der Waals surface area contributed by atoms with E-state index in [0.29, 0.717) is 24.5 Å². The van der Waals surface area contributed by atoms with Crippen LogP contribution in [0.3, 0.4) is 0 Å². The summed E-state index contributed by atoms with van der Waals surface area (Å²) in [6.07, 6.45) is 6.43. The van der Waals surface area contributed by atoms with Crippen LogP contribution in [0.2, 0.25) is 0 Å². The maximum Gasteiger partial charge on any atom is 0.251 e. The number of methoxy groups -OCH3 is 1. The van der Waals surface area contributed by atoms with Crippen molar-refractivity contribution in [2.24, 2.45) is 5.41 Å². The number of nitrogens with zero attached hydrogens (tertiary/aromatic N) is 3. The topological polar surface area (TPSA) is 67.3 Å². The van der Waals surface area contributed by atoms with Gasteiger partial charge in [0.05, 0.1) is 6.61 Å². The molecule has 1 fully saturated rings. The fourth-order valence-electron chi connectivity index (χ4n) is 4.00. The Hall–Kier alpha value is -2.47. The molecule has 0 bridgehead atoms. The first-order valence-corrected chi connectivity index (χ1v) is 9.83. The maximum atomic E-state index is 12.8. The lowest BCUT2D eigenvalue weighted by molar-refractivity contribution is 0.0741. The van der Waals surface area contributed by atoms with Crippen LogP contribution in [-0.2, 0) is 4.74 Å². The molecule has 1 heterocycles. The van der Waals surface area contributed by atoms with Crippen LogP contribution in [0.25, 0.3) is 11.4 Å². The van der Waals surface area contributed by atoms with E-state index < -0.39 is 0 Å². The van der Waals surface area contributed by atoms with Crippen LogP contribution >= 0.6 is 0 Å². The van der Waals surface area contributed by atoms with Gasteiger partial charge in [-0.1, -0.05) is 25.0 Å². The molecule has 28 heavy (non-hydrogen) atoms. The van der Waals surface area contributed by atoms with E-state index in [-0.39, 0.29) is 11.3 Å². The van der Waals surface area contributed by atoms with Crippen LogP contribution in [0.1, 0.15) is 41.6 Å². The van der Waals surface area contributed by atoms with Crippen molar-refractivity contribution >= 4 is 11.7 Å². The molecule has 0 radical (unpaired) electrons. The third kappa shape index (κ3) is 4.50. The summed E-state index contributed by atoms with van der Waals surface area (Å²) in [6, 6.07) is 7.50. The molecule has 3 rings (SSSR count). The fraction of sp³-hybridized carbons (Fsp3) is 0.500. The molecule has 1 aliphatic rings. The number of nitrogens with one attached hydrogen (secondary N) is 1. The number of hydrogen-bond acceptors (Lipinski definition) is 5. The summed E-state index contributed by atoms with van der Waals surface area (Å²) in [4.78, 5) is 23.8. The van der Waals surface area contributed by atoms with Crippen LogP contribution in [0, 0.1) is 12.3 Å². The number of amides is 1. The number of benzene rings is 1. The highest BCUT2D eigenvalue weighted by molar-refractivity contribution is 5.95. The first-order valence-electron chi connectivity index (χ1n) is 9.83. The summed E-state index contributed by atoms with van der Waals surface area (Å²) in [5.74, 6) is 1.43. The number of anilines is 1. The molecule has 0 spiro atoms. The predicted octanol–water partition coefficient (Wildman–Crippen LogP) is 3.45. The minimum atomic E-state index is -0.0656. The SMILES string of the molecule is COCC1(CNC(=O)c2cccc(-c3ncc(C)c(N(C)C)n3)c2)CCCC1. The van der Waals surface area contributed by atoms with E-state index in [2.05, 4.69) is 15.3 Å². The van der Waals surface area contributed by atoms with E-state index in [4.69, 9.17) is 4.74 Å². The molecule has 0 unspecified atom stereocenters. The Bertz CT molecular complexity index is 829. The third-order valence-corrected chi connectivity index (χ3v) is 5.49. The fourth-order valence-corrected chi connectivity index (χ4v) is 4.00. The van der Waals surface area contributed by atoms with Crippen molar-refractivity contribution in [3.63, 3.8) is 0 Å². The normalized spacial score (nSPS) is 15.4. The van der Waals surface area contributed by atoms with Crippen molar-refractivity contribution in [2.75, 3.05) is 39.3 Å². The molecule has 6 heteroatoms. The Balaban J connectivity index is 1.76. The zero-order valence-corrected chi connectivity index (χ0v) is 17.3. The van der Waals surface area contributed by atoms with Gasteiger partial charge in [0, 0.05) is 56.1 Å². The molecule has 0 saturated heterocycles. The molecule has 2 aromatic rings. The van der Waals surface area contributed by atoms with Gasteiger partial charge in [-0.3, -0.25) is 4.79 Å². The van der Waals surface area contributed by atoms with Crippen LogP contribution in [0.15, 0.2) is 30.5 Å². The highest BCUT2D eigenvalue weighted by Gasteiger charge is 2.34. The molecule has 1 aromatic carbocycles. The lowest BCUT2D eigenvalue weighted by Gasteiger charge is -2.28. The van der Waals surface area contributed by atoms with E-state index in [1.807, 2.05) is 56.4 Å². The summed E-state index contributed by atoms with van der Waals surface area (Å²) < 4.78 is 5.41. The summed E-state index contributed by atoms with van der Waals surface area (Å²) in [6.45, 7) is 3.33. The zero-order chi connectivity index (χ0) is 20.1. The summed E-state index contributed by atoms with van der Waals surface area (Å²) >= 11 is 0. The highest BCUT2D eigenvalue weighted by Crippen LogP contribution is 2.37. The Morgan fingerprint density at radius 3 is 2.71 bits per heavy atom. The van der Waals surface area contributed by atoms with Crippen LogP contribution < -0.4 is 10.2 Å². The van der Waals surface area contributed by atoms with Crippen LogP contribution in [0.5, 0.6) is 0 Å². The predicted molar refractivity (Wildman–Crippen MR) is 112 cm³/mol. The quantitative estimate of drug-likeness (QED) is 0.794. The van der Waals surface area contributed by atoms with E-state index >= 15 is 0 Å². The molecular formula is C22H30N4O2. The lowest BCUT2D eigenvalue weighted by atomic mass is 9.87. The van der Waals surface area contributed by atoms with E-state index in [1.54, 1.807) is 7.11 Å². The van der Waals surface area contributed by atoms with Gasteiger partial charge in [-0.2, -0.15) is 0 Å². The first-order chi connectivity index (χ1) is 13.4. The molecule has 1 saturated carbocycles. The molecular weight excluding hydrogens is 352 g/mol. The average molecular weight is 383 g/mol. The van der Waals surface area contributed by atoms with Gasteiger partial charge in [-0.25, -0.2) is 9.97 Å². The summed E-state index contributed by atoms with van der Waals surface area (Å²) in [5.41, 5.74) is 2.55. The highest BCUT2D eigenvalue weighted by atomic mass is 16.5. The van der Waals surface area contributed by atoms with Crippen molar-refractivity contribution < 1.29 is 9.53 Å². The number of carbonyl (C=O) groups excluding carboxylic acids is 1. The number of aromatic nitrogens is 2. The Kier molecular flexibility index (Phi) is 6.29. The summed E-state index contributed by atoms with van der Waals surface area (Å²) in [5, 5.41) is 3.12. The molecule has 0 aliphatic heterocycles. The smallest absolute Gasteiger partial charge is 0.251 e. The first kappa shape index (κ1) is 20.3. The molecule has 0 atom stereocenters. The standard InChI is InChI=1S/C22H30N4O2/c1-16-13-23-19(25-20(16)26(2)3)17-8-7-9-18(12-17)21(27)24-14-22(15-28-4)10-5-6-11-22/h7-9,12-13H,5-6,10-11,14-15H2,1-4H3,(H,24,27). The monoisotopic (exact) mass is 382 g/mol.